The molecular formula is C35H56O7. The van der Waals surface area contributed by atoms with Crippen LogP contribution in [-0.2, 0) is 28.6 Å². The molecule has 3 unspecified atom stereocenters. The number of carbonyl (C=O) groups excluding carboxylic acids is 3. The van der Waals surface area contributed by atoms with E-state index in [1.165, 1.54) is 38.5 Å². The summed E-state index contributed by atoms with van der Waals surface area (Å²) < 4.78 is 17.1. The predicted molar refractivity (Wildman–Crippen MR) is 159 cm³/mol. The summed E-state index contributed by atoms with van der Waals surface area (Å²) in [6.07, 6.45) is 14.3. The Labute approximate surface area is 253 Å². The molecule has 0 aromatic rings. The van der Waals surface area contributed by atoms with Crippen LogP contribution in [0.3, 0.4) is 0 Å². The summed E-state index contributed by atoms with van der Waals surface area (Å²) in [5.74, 6) is 3.05. The molecule has 0 amide bonds. The second-order valence-electron chi connectivity index (χ2n) is 16.0. The maximum absolute atomic E-state index is 12.4. The highest BCUT2D eigenvalue weighted by atomic mass is 16.6. The largest absolute Gasteiger partial charge is 0.459 e. The number of hydrogen-bond acceptors (Lipinski definition) is 7. The second kappa shape index (κ2) is 11.7. The highest BCUT2D eigenvalue weighted by Gasteiger charge is 2.60. The van der Waals surface area contributed by atoms with Crippen molar-refractivity contribution in [3.63, 3.8) is 0 Å². The van der Waals surface area contributed by atoms with Crippen LogP contribution in [0.5, 0.6) is 0 Å². The van der Waals surface area contributed by atoms with E-state index in [-0.39, 0.29) is 41.6 Å². The van der Waals surface area contributed by atoms with Crippen molar-refractivity contribution in [1.29, 1.82) is 0 Å². The number of carbonyl (C=O) groups is 3. The van der Waals surface area contributed by atoms with Crippen molar-refractivity contribution in [2.45, 2.75) is 148 Å². The molecule has 8 saturated carbocycles. The average Bonchev–Trinajstić information content (AvgIpc) is 2.91. The van der Waals surface area contributed by atoms with Gasteiger partial charge in [-0.15, -0.1) is 0 Å². The number of aliphatic hydroxyl groups is 1. The Balaban J connectivity index is 0.000000175. The van der Waals surface area contributed by atoms with Crippen LogP contribution in [0.25, 0.3) is 0 Å². The molecule has 0 saturated heterocycles. The van der Waals surface area contributed by atoms with Crippen LogP contribution >= 0.6 is 0 Å². The molecule has 238 valence electrons. The van der Waals surface area contributed by atoms with Gasteiger partial charge in [0.15, 0.2) is 6.61 Å². The molecule has 7 nitrogen and oxygen atoms in total. The first-order valence-electron chi connectivity index (χ1n) is 17.1. The van der Waals surface area contributed by atoms with E-state index in [4.69, 9.17) is 14.2 Å². The normalized spacial score (nSPS) is 41.5. The van der Waals surface area contributed by atoms with Gasteiger partial charge in [0.25, 0.3) is 0 Å². The van der Waals surface area contributed by atoms with Gasteiger partial charge in [-0.05, 0) is 133 Å². The standard InChI is InChI=1S/C20H32O4.C15H24O3/c1-5-19(3,4)18(22)23-12-17(21)24-20(6-2)15-8-13-7-14(10-15)11-16(20)9-13;1-3-10(2)13(16)18-15-7-11-4-12(8-15)6-14(17,5-11)9-15/h13-16H,5-12H2,1-4H3;10-12,17H,3-9H2,1-2H3. The highest BCUT2D eigenvalue weighted by molar-refractivity contribution is 5.80. The summed E-state index contributed by atoms with van der Waals surface area (Å²) in [7, 11) is 0. The van der Waals surface area contributed by atoms with E-state index in [9.17, 15) is 19.5 Å². The lowest BCUT2D eigenvalue weighted by Gasteiger charge is -2.60. The van der Waals surface area contributed by atoms with Crippen molar-refractivity contribution in [3.05, 3.63) is 0 Å². The van der Waals surface area contributed by atoms with Crippen LogP contribution in [0.1, 0.15) is 131 Å². The third-order valence-corrected chi connectivity index (χ3v) is 12.4. The molecule has 3 atom stereocenters. The van der Waals surface area contributed by atoms with Crippen LogP contribution in [0.4, 0.5) is 0 Å². The van der Waals surface area contributed by atoms with E-state index < -0.39 is 11.0 Å². The van der Waals surface area contributed by atoms with Crippen LogP contribution < -0.4 is 0 Å². The molecule has 0 heterocycles. The maximum atomic E-state index is 12.4. The molecule has 0 aliphatic heterocycles. The van der Waals surface area contributed by atoms with E-state index in [1.807, 2.05) is 34.6 Å². The molecule has 0 aromatic carbocycles. The molecule has 7 heteroatoms. The third-order valence-electron chi connectivity index (χ3n) is 12.4. The van der Waals surface area contributed by atoms with Crippen molar-refractivity contribution in [2.75, 3.05) is 6.61 Å². The number of esters is 3. The summed E-state index contributed by atoms with van der Waals surface area (Å²) in [5, 5.41) is 10.6. The van der Waals surface area contributed by atoms with Gasteiger partial charge in [0.2, 0.25) is 0 Å². The highest BCUT2D eigenvalue weighted by Crippen LogP contribution is 2.61. The van der Waals surface area contributed by atoms with Crippen molar-refractivity contribution in [3.8, 4) is 0 Å². The van der Waals surface area contributed by atoms with E-state index in [0.29, 0.717) is 36.5 Å². The van der Waals surface area contributed by atoms with Gasteiger partial charge >= 0.3 is 17.9 Å². The first-order chi connectivity index (χ1) is 19.7. The molecule has 0 aromatic heterocycles. The lowest BCUT2D eigenvalue weighted by molar-refractivity contribution is -0.222. The molecule has 8 aliphatic carbocycles. The Morgan fingerprint density at radius 1 is 0.833 bits per heavy atom. The summed E-state index contributed by atoms with van der Waals surface area (Å²) in [5.41, 5.74) is -1.73. The number of hydrogen-bond donors (Lipinski definition) is 1. The fourth-order valence-corrected chi connectivity index (χ4v) is 10.2. The average molecular weight is 589 g/mol. The minimum atomic E-state index is -0.550. The van der Waals surface area contributed by atoms with E-state index in [2.05, 4.69) is 6.92 Å². The Kier molecular flexibility index (Phi) is 8.86. The Bertz CT molecular complexity index is 988. The van der Waals surface area contributed by atoms with Crippen molar-refractivity contribution >= 4 is 17.9 Å². The minimum absolute atomic E-state index is 0.0207. The lowest BCUT2D eigenvalue weighted by Crippen LogP contribution is -2.60. The van der Waals surface area contributed by atoms with Gasteiger partial charge < -0.3 is 19.3 Å². The third kappa shape index (κ3) is 6.15. The molecule has 8 rings (SSSR count). The molecule has 42 heavy (non-hydrogen) atoms. The SMILES string of the molecule is CCC(C)(C)C(=O)OCC(=O)OC1(CC)C2CC3CC(C2)CC1C3.CCC(C)C(=O)OC12CC3CC(CC(O)(C3)C1)C2. The topological polar surface area (TPSA) is 99.1 Å². The zero-order valence-electron chi connectivity index (χ0n) is 27.0. The Morgan fingerprint density at radius 2 is 1.38 bits per heavy atom. The zero-order chi connectivity index (χ0) is 30.5. The molecule has 0 radical (unpaired) electrons. The summed E-state index contributed by atoms with van der Waals surface area (Å²) >= 11 is 0. The van der Waals surface area contributed by atoms with Crippen LogP contribution in [0.2, 0.25) is 0 Å². The smallest absolute Gasteiger partial charge is 0.344 e. The Morgan fingerprint density at radius 3 is 1.86 bits per heavy atom. The maximum Gasteiger partial charge on any atom is 0.344 e. The van der Waals surface area contributed by atoms with E-state index in [0.717, 1.165) is 50.4 Å². The van der Waals surface area contributed by atoms with E-state index in [1.54, 1.807) is 0 Å². The van der Waals surface area contributed by atoms with Gasteiger partial charge in [0.1, 0.15) is 11.2 Å². The first kappa shape index (κ1) is 31.8. The monoisotopic (exact) mass is 588 g/mol. The van der Waals surface area contributed by atoms with Crippen LogP contribution in [-0.4, -0.2) is 46.4 Å². The number of rotatable bonds is 9. The van der Waals surface area contributed by atoms with E-state index >= 15 is 0 Å². The predicted octanol–water partition coefficient (Wildman–Crippen LogP) is 6.77. The van der Waals surface area contributed by atoms with Crippen molar-refractivity contribution < 1.29 is 33.7 Å². The van der Waals surface area contributed by atoms with Crippen molar-refractivity contribution in [1.82, 2.24) is 0 Å². The molecule has 0 spiro atoms. The summed E-state index contributed by atoms with van der Waals surface area (Å²) in [6, 6.07) is 0. The summed E-state index contributed by atoms with van der Waals surface area (Å²) in [6.45, 7) is 11.5. The van der Waals surface area contributed by atoms with Crippen LogP contribution in [0, 0.1) is 46.8 Å². The number of ether oxygens (including phenoxy) is 3. The van der Waals surface area contributed by atoms with Gasteiger partial charge in [-0.3, -0.25) is 9.59 Å². The fourth-order valence-electron chi connectivity index (χ4n) is 10.2. The fraction of sp³-hybridized carbons (Fsp3) is 0.914. The Hall–Kier alpha value is -1.63. The van der Waals surface area contributed by atoms with Crippen molar-refractivity contribution in [2.24, 2.45) is 46.8 Å². The molecule has 8 fully saturated rings. The zero-order valence-corrected chi connectivity index (χ0v) is 27.0. The molecular weight excluding hydrogens is 532 g/mol. The lowest BCUT2D eigenvalue weighted by atomic mass is 9.49. The quantitative estimate of drug-likeness (QED) is 0.234. The molecule has 8 aliphatic rings. The van der Waals surface area contributed by atoms with Gasteiger partial charge in [-0.1, -0.05) is 27.7 Å². The first-order valence-corrected chi connectivity index (χ1v) is 17.1. The van der Waals surface area contributed by atoms with Gasteiger partial charge in [0, 0.05) is 6.42 Å². The minimum Gasteiger partial charge on any atom is -0.459 e. The van der Waals surface area contributed by atoms with Gasteiger partial charge in [-0.2, -0.15) is 0 Å². The van der Waals surface area contributed by atoms with Gasteiger partial charge in [-0.25, -0.2) is 4.79 Å². The molecule has 1 N–H and O–H groups in total. The van der Waals surface area contributed by atoms with Gasteiger partial charge in [0.05, 0.1) is 16.9 Å². The summed E-state index contributed by atoms with van der Waals surface area (Å²) in [4.78, 5) is 36.5. The molecule has 8 bridgehead atoms. The van der Waals surface area contributed by atoms with Crippen LogP contribution in [0.15, 0.2) is 0 Å². The second-order valence-corrected chi connectivity index (χ2v) is 16.0.